The first kappa shape index (κ1) is 38.9. The van der Waals surface area contributed by atoms with Crippen molar-refractivity contribution in [2.45, 2.75) is 105 Å². The Morgan fingerprint density at radius 2 is 0.951 bits per heavy atom. The smallest absolute Gasteiger partial charge is 0.109 e. The van der Waals surface area contributed by atoms with Crippen LogP contribution >= 0.6 is 34.0 Å². The van der Waals surface area contributed by atoms with E-state index in [1.54, 1.807) is 0 Å². The number of aryl methyl sites for hydroxylation is 2. The minimum atomic E-state index is -0.136. The van der Waals surface area contributed by atoms with Gasteiger partial charge in [-0.05, 0) is 115 Å². The second-order valence-corrected chi connectivity index (χ2v) is 23.8. The largest absolute Gasteiger partial charge is 0.243 e. The number of benzene rings is 5. The first-order chi connectivity index (χ1) is 28.8. The molecule has 0 saturated heterocycles. The Morgan fingerprint density at radius 3 is 1.48 bits per heavy atom. The molecule has 4 heterocycles. The zero-order chi connectivity index (χ0) is 42.7. The van der Waals surface area contributed by atoms with Crippen molar-refractivity contribution in [2.24, 2.45) is 0 Å². The lowest BCUT2D eigenvalue weighted by molar-refractivity contribution is 0.604. The van der Waals surface area contributed by atoms with Crippen LogP contribution in [-0.2, 0) is 21.7 Å². The summed E-state index contributed by atoms with van der Waals surface area (Å²) in [4.78, 5) is 16.9. The fourth-order valence-corrected chi connectivity index (χ4v) is 14.3. The van der Waals surface area contributed by atoms with Crippen LogP contribution in [0.15, 0.2) is 97.1 Å². The third-order valence-electron chi connectivity index (χ3n) is 13.9. The number of hydrogen-bond donors (Lipinski definition) is 0. The lowest BCUT2D eigenvalue weighted by Crippen LogP contribution is -2.15. The lowest BCUT2D eigenvalue weighted by Gasteiger charge is -2.23. The monoisotopic (exact) mass is 848 g/mol. The van der Waals surface area contributed by atoms with Crippen molar-refractivity contribution in [3.05, 3.63) is 140 Å². The van der Waals surface area contributed by atoms with E-state index in [0.717, 1.165) is 33.5 Å². The summed E-state index contributed by atoms with van der Waals surface area (Å²) in [6, 6.07) is 36.8. The minimum Gasteiger partial charge on any atom is -0.243 e. The number of hydrogen-bond acceptors (Lipinski definition) is 5. The normalized spacial score (nSPS) is 15.1. The molecule has 5 heteroatoms. The predicted molar refractivity (Wildman–Crippen MR) is 266 cm³/mol. The van der Waals surface area contributed by atoms with Crippen LogP contribution in [0.25, 0.3) is 85.7 Å². The van der Waals surface area contributed by atoms with Crippen molar-refractivity contribution in [1.82, 2.24) is 9.97 Å². The van der Waals surface area contributed by atoms with E-state index in [4.69, 9.17) is 9.97 Å². The van der Waals surface area contributed by atoms with Gasteiger partial charge in [-0.1, -0.05) is 142 Å². The molecule has 304 valence electrons. The Balaban J connectivity index is 1.19. The topological polar surface area (TPSA) is 25.8 Å². The van der Waals surface area contributed by atoms with Crippen LogP contribution < -0.4 is 0 Å². The fraction of sp³-hybridized carbons (Fsp3) is 0.286. The van der Waals surface area contributed by atoms with Gasteiger partial charge in [0, 0.05) is 36.6 Å². The van der Waals surface area contributed by atoms with Gasteiger partial charge in [0.05, 0.1) is 25.7 Å². The third-order valence-corrected chi connectivity index (χ3v) is 18.6. The maximum absolute atomic E-state index is 5.89. The number of aromatic nitrogens is 2. The van der Waals surface area contributed by atoms with Gasteiger partial charge in [0.1, 0.15) is 11.0 Å². The van der Waals surface area contributed by atoms with Crippen molar-refractivity contribution in [3.63, 3.8) is 0 Å². The summed E-state index contributed by atoms with van der Waals surface area (Å²) in [6.07, 6.45) is 0. The highest BCUT2D eigenvalue weighted by Crippen LogP contribution is 2.54. The molecule has 11 rings (SSSR count). The van der Waals surface area contributed by atoms with Gasteiger partial charge in [0.25, 0.3) is 0 Å². The fourth-order valence-electron chi connectivity index (χ4n) is 10.3. The zero-order valence-electron chi connectivity index (χ0n) is 37.4. The highest BCUT2D eigenvalue weighted by molar-refractivity contribution is 7.31. The molecule has 9 aromatic rings. The van der Waals surface area contributed by atoms with Crippen molar-refractivity contribution in [3.8, 4) is 54.5 Å². The molecule has 0 aliphatic heterocycles. The molecule has 4 aromatic heterocycles. The van der Waals surface area contributed by atoms with Gasteiger partial charge in [-0.25, -0.2) is 9.97 Å². The van der Waals surface area contributed by atoms with E-state index in [9.17, 15) is 0 Å². The maximum atomic E-state index is 5.89. The minimum absolute atomic E-state index is 0.0971. The number of fused-ring (bicyclic) bond motifs is 10. The zero-order valence-corrected chi connectivity index (χ0v) is 39.8. The SMILES string of the molecule is Cc1c(C)c2cc(C(C)(C)C)sc2c2sc(-c3sc(C(C)(C)C)c4nc(-c5ccc6c(c5)C(C)(C)c5ccccc5-6)c(-c5ccc6c(c5)C(C)(C)c5ccccc5-6)nc34)cc12. The molecule has 0 atom stereocenters. The van der Waals surface area contributed by atoms with Gasteiger partial charge in [0.15, 0.2) is 0 Å². The first-order valence-corrected chi connectivity index (χ1v) is 24.1. The van der Waals surface area contributed by atoms with E-state index in [1.165, 1.54) is 95.3 Å². The Morgan fingerprint density at radius 1 is 0.475 bits per heavy atom. The molecule has 2 aliphatic rings. The number of rotatable bonds is 3. The van der Waals surface area contributed by atoms with Gasteiger partial charge in [-0.2, -0.15) is 0 Å². The van der Waals surface area contributed by atoms with Gasteiger partial charge in [-0.15, -0.1) is 34.0 Å². The average molecular weight is 849 g/mol. The maximum Gasteiger partial charge on any atom is 0.109 e. The molecule has 0 radical (unpaired) electrons. The molecule has 5 aromatic carbocycles. The third kappa shape index (κ3) is 5.55. The molecular weight excluding hydrogens is 797 g/mol. The Kier molecular flexibility index (Phi) is 8.18. The molecule has 2 nitrogen and oxygen atoms in total. The second kappa shape index (κ2) is 12.8. The van der Waals surface area contributed by atoms with Crippen molar-refractivity contribution in [1.29, 1.82) is 0 Å². The van der Waals surface area contributed by atoms with Gasteiger partial charge < -0.3 is 0 Å². The number of thiophene rings is 3. The molecular formula is C56H52N2S3. The van der Waals surface area contributed by atoms with E-state index in [1.807, 2.05) is 34.0 Å². The molecule has 0 bridgehead atoms. The molecule has 0 spiro atoms. The van der Waals surface area contributed by atoms with Crippen LogP contribution in [0, 0.1) is 13.8 Å². The summed E-state index contributed by atoms with van der Waals surface area (Å²) >= 11 is 5.80. The quantitative estimate of drug-likeness (QED) is 0.177. The summed E-state index contributed by atoms with van der Waals surface area (Å²) in [5.41, 5.74) is 19.3. The summed E-state index contributed by atoms with van der Waals surface area (Å²) in [5.74, 6) is 0. The summed E-state index contributed by atoms with van der Waals surface area (Å²) in [5, 5.41) is 2.76. The van der Waals surface area contributed by atoms with E-state index >= 15 is 0 Å². The van der Waals surface area contributed by atoms with Gasteiger partial charge >= 0.3 is 0 Å². The van der Waals surface area contributed by atoms with Crippen molar-refractivity contribution in [2.75, 3.05) is 0 Å². The molecule has 0 N–H and O–H groups in total. The standard InChI is InChI=1S/C56H52N2S3/c1-29-30(2)38-28-44(53(3,4)5)60-50(38)49-37(29)27-43(59-49)51-47-48(52(61-51)54(6,7)8)58-46(32-22-24-36-34-18-14-16-20-40(34)56(11,12)42(36)26-32)45(57-47)31-21-23-35-33-17-13-15-19-39(33)55(9,10)41(35)25-31/h13-28H,1-12H3. The molecule has 0 saturated carbocycles. The van der Waals surface area contributed by atoms with E-state index in [2.05, 4.69) is 180 Å². The van der Waals surface area contributed by atoms with Gasteiger partial charge in [-0.3, -0.25) is 0 Å². The second-order valence-electron chi connectivity index (χ2n) is 20.7. The van der Waals surface area contributed by atoms with Gasteiger partial charge in [0.2, 0.25) is 0 Å². The summed E-state index contributed by atoms with van der Waals surface area (Å²) in [6.45, 7) is 28.0. The Labute approximate surface area is 372 Å². The lowest BCUT2D eigenvalue weighted by atomic mass is 9.81. The molecule has 61 heavy (non-hydrogen) atoms. The first-order valence-electron chi connectivity index (χ1n) is 21.7. The van der Waals surface area contributed by atoms with E-state index in [-0.39, 0.29) is 21.7 Å². The van der Waals surface area contributed by atoms with Crippen LogP contribution in [0.3, 0.4) is 0 Å². The summed E-state index contributed by atoms with van der Waals surface area (Å²) < 4.78 is 2.80. The van der Waals surface area contributed by atoms with E-state index in [0.29, 0.717) is 0 Å². The van der Waals surface area contributed by atoms with Crippen molar-refractivity contribution >= 4 is 65.2 Å². The van der Waals surface area contributed by atoms with Crippen LogP contribution in [0.2, 0.25) is 0 Å². The van der Waals surface area contributed by atoms with E-state index < -0.39 is 0 Å². The van der Waals surface area contributed by atoms with Crippen LogP contribution in [0.1, 0.15) is 112 Å². The predicted octanol–water partition coefficient (Wildman–Crippen LogP) is 16.9. The average Bonchev–Trinajstić information content (AvgIpc) is 4.04. The number of nitrogens with zero attached hydrogens (tertiary/aromatic N) is 2. The van der Waals surface area contributed by atoms with Crippen LogP contribution in [-0.4, -0.2) is 9.97 Å². The summed E-state index contributed by atoms with van der Waals surface area (Å²) in [7, 11) is 0. The van der Waals surface area contributed by atoms with Crippen LogP contribution in [0.4, 0.5) is 0 Å². The molecule has 2 aliphatic carbocycles. The highest BCUT2D eigenvalue weighted by atomic mass is 32.1. The Bertz CT molecular complexity index is 3350. The molecule has 0 unspecified atom stereocenters. The van der Waals surface area contributed by atoms with Crippen LogP contribution in [0.5, 0.6) is 0 Å². The Hall–Kier alpha value is -4.94. The highest BCUT2D eigenvalue weighted by Gasteiger charge is 2.38. The molecule has 0 amide bonds. The van der Waals surface area contributed by atoms with Crippen molar-refractivity contribution < 1.29 is 0 Å². The molecule has 0 fully saturated rings.